The highest BCUT2D eigenvalue weighted by Crippen LogP contribution is 2.21. The van der Waals surface area contributed by atoms with Crippen LogP contribution in [-0.4, -0.2) is 34.6 Å². The van der Waals surface area contributed by atoms with Crippen molar-refractivity contribution in [2.75, 3.05) is 5.75 Å². The maximum absolute atomic E-state index is 13.2. The highest BCUT2D eigenvalue weighted by atomic mass is 32.2. The molecule has 2 rings (SSSR count). The second-order valence-corrected chi connectivity index (χ2v) is 8.83. The number of hydrogen-bond acceptors (Lipinski definition) is 3. The summed E-state index contributed by atoms with van der Waals surface area (Å²) in [6.07, 6.45) is 1.85. The first-order valence-corrected chi connectivity index (χ1v) is 11.8. The summed E-state index contributed by atoms with van der Waals surface area (Å²) < 4.78 is 0. The Labute approximate surface area is 185 Å². The third kappa shape index (κ3) is 7.52. The van der Waals surface area contributed by atoms with Crippen LogP contribution in [0.15, 0.2) is 59.5 Å². The number of amides is 2. The zero-order valence-electron chi connectivity index (χ0n) is 18.6. The van der Waals surface area contributed by atoms with Crippen LogP contribution < -0.4 is 5.32 Å². The van der Waals surface area contributed by atoms with Gasteiger partial charge in [0.25, 0.3) is 0 Å². The van der Waals surface area contributed by atoms with Crippen LogP contribution in [0.1, 0.15) is 51.2 Å². The molecular weight excluding hydrogens is 392 g/mol. The molecule has 5 heteroatoms. The molecule has 0 spiro atoms. The van der Waals surface area contributed by atoms with Gasteiger partial charge >= 0.3 is 0 Å². The van der Waals surface area contributed by atoms with Gasteiger partial charge in [0.15, 0.2) is 0 Å². The summed E-state index contributed by atoms with van der Waals surface area (Å²) in [6, 6.07) is 17.9. The Morgan fingerprint density at radius 2 is 1.67 bits per heavy atom. The highest BCUT2D eigenvalue weighted by Gasteiger charge is 2.28. The van der Waals surface area contributed by atoms with E-state index in [0.717, 1.165) is 16.9 Å². The zero-order chi connectivity index (χ0) is 21.9. The molecule has 0 heterocycles. The number of carbonyl (C=O) groups excluding carboxylic acids is 2. The van der Waals surface area contributed by atoms with Crippen LogP contribution in [-0.2, 0) is 16.1 Å². The van der Waals surface area contributed by atoms with Crippen LogP contribution in [0.4, 0.5) is 0 Å². The summed E-state index contributed by atoms with van der Waals surface area (Å²) >= 11 is 1.68. The van der Waals surface area contributed by atoms with Gasteiger partial charge in [0.05, 0.1) is 0 Å². The molecule has 0 saturated carbocycles. The Bertz CT molecular complexity index is 793. The van der Waals surface area contributed by atoms with E-state index >= 15 is 0 Å². The molecule has 0 bridgehead atoms. The first-order valence-electron chi connectivity index (χ1n) is 10.8. The quantitative estimate of drug-likeness (QED) is 0.503. The molecule has 30 heavy (non-hydrogen) atoms. The molecule has 2 aromatic rings. The Morgan fingerprint density at radius 1 is 1.00 bits per heavy atom. The van der Waals surface area contributed by atoms with Gasteiger partial charge in [0.1, 0.15) is 6.04 Å². The van der Waals surface area contributed by atoms with Crippen LogP contribution in [0.2, 0.25) is 0 Å². The molecule has 0 radical (unpaired) electrons. The van der Waals surface area contributed by atoms with Crippen molar-refractivity contribution in [2.24, 2.45) is 0 Å². The number of aryl methyl sites for hydroxylation is 1. The summed E-state index contributed by atoms with van der Waals surface area (Å²) in [4.78, 5) is 29.0. The average Bonchev–Trinajstić information content (AvgIpc) is 2.75. The summed E-state index contributed by atoms with van der Waals surface area (Å²) in [5.74, 6) is 0.642. The van der Waals surface area contributed by atoms with Crippen molar-refractivity contribution in [3.63, 3.8) is 0 Å². The molecule has 162 valence electrons. The molecule has 0 aliphatic carbocycles. The van der Waals surface area contributed by atoms with E-state index in [4.69, 9.17) is 0 Å². The maximum Gasteiger partial charge on any atom is 0.243 e. The van der Waals surface area contributed by atoms with Crippen LogP contribution in [0.5, 0.6) is 0 Å². The molecule has 2 atom stereocenters. The summed E-state index contributed by atoms with van der Waals surface area (Å²) in [5.41, 5.74) is 2.26. The van der Waals surface area contributed by atoms with Crippen LogP contribution >= 0.6 is 11.8 Å². The van der Waals surface area contributed by atoms with Gasteiger partial charge < -0.3 is 10.2 Å². The molecule has 0 aromatic heterocycles. The molecule has 1 N–H and O–H groups in total. The Hall–Kier alpha value is -2.27. The van der Waals surface area contributed by atoms with E-state index in [2.05, 4.69) is 36.5 Å². The van der Waals surface area contributed by atoms with E-state index in [0.29, 0.717) is 25.1 Å². The molecule has 0 saturated heterocycles. The minimum Gasteiger partial charge on any atom is -0.352 e. The zero-order valence-corrected chi connectivity index (χ0v) is 19.4. The Balaban J connectivity index is 2.09. The van der Waals surface area contributed by atoms with Crippen molar-refractivity contribution < 1.29 is 9.59 Å². The smallest absolute Gasteiger partial charge is 0.243 e. The SMILES string of the molecule is CCC(C)NC(=O)C(CC)N(Cc1ccccc1)C(=O)CCSc1ccc(C)cc1. The van der Waals surface area contributed by atoms with Gasteiger partial charge in [-0.25, -0.2) is 0 Å². The highest BCUT2D eigenvalue weighted by molar-refractivity contribution is 7.99. The topological polar surface area (TPSA) is 49.4 Å². The molecule has 2 aromatic carbocycles. The van der Waals surface area contributed by atoms with Crippen molar-refractivity contribution in [1.29, 1.82) is 0 Å². The molecule has 0 fully saturated rings. The number of benzene rings is 2. The number of nitrogens with one attached hydrogen (secondary N) is 1. The van der Waals surface area contributed by atoms with Crippen molar-refractivity contribution >= 4 is 23.6 Å². The number of carbonyl (C=O) groups is 2. The van der Waals surface area contributed by atoms with E-state index in [-0.39, 0.29) is 17.9 Å². The summed E-state index contributed by atoms with van der Waals surface area (Å²) in [5, 5.41) is 3.05. The number of nitrogens with zero attached hydrogens (tertiary/aromatic N) is 1. The van der Waals surface area contributed by atoms with Gasteiger partial charge in [-0.05, 0) is 44.4 Å². The summed E-state index contributed by atoms with van der Waals surface area (Å²) in [7, 11) is 0. The molecule has 4 nitrogen and oxygen atoms in total. The Morgan fingerprint density at radius 3 is 2.27 bits per heavy atom. The van der Waals surface area contributed by atoms with E-state index in [9.17, 15) is 9.59 Å². The van der Waals surface area contributed by atoms with E-state index in [1.165, 1.54) is 5.56 Å². The molecular formula is C25H34N2O2S. The third-order valence-corrected chi connectivity index (χ3v) is 6.20. The van der Waals surface area contributed by atoms with Crippen LogP contribution in [0, 0.1) is 6.92 Å². The van der Waals surface area contributed by atoms with Gasteiger partial charge in [0, 0.05) is 29.7 Å². The van der Waals surface area contributed by atoms with Crippen molar-refractivity contribution in [3.05, 3.63) is 65.7 Å². The molecule has 0 aliphatic rings. The van der Waals surface area contributed by atoms with Crippen molar-refractivity contribution in [3.8, 4) is 0 Å². The lowest BCUT2D eigenvalue weighted by Crippen LogP contribution is -2.50. The normalized spacial score (nSPS) is 12.8. The minimum atomic E-state index is -0.462. The van der Waals surface area contributed by atoms with E-state index in [1.807, 2.05) is 51.1 Å². The second-order valence-electron chi connectivity index (χ2n) is 7.66. The molecule has 2 unspecified atom stereocenters. The minimum absolute atomic E-state index is 0.0182. The van der Waals surface area contributed by atoms with Gasteiger partial charge in [-0.2, -0.15) is 0 Å². The van der Waals surface area contributed by atoms with Crippen molar-refractivity contribution in [1.82, 2.24) is 10.2 Å². The van der Waals surface area contributed by atoms with Gasteiger partial charge in [-0.15, -0.1) is 11.8 Å². The molecule has 2 amide bonds. The predicted molar refractivity (Wildman–Crippen MR) is 125 cm³/mol. The van der Waals surface area contributed by atoms with Crippen LogP contribution in [0.25, 0.3) is 0 Å². The van der Waals surface area contributed by atoms with Gasteiger partial charge in [0.2, 0.25) is 11.8 Å². The first kappa shape index (κ1) is 24.0. The molecule has 0 aliphatic heterocycles. The van der Waals surface area contributed by atoms with Gasteiger partial charge in [-0.3, -0.25) is 9.59 Å². The lowest BCUT2D eigenvalue weighted by molar-refractivity contribution is -0.141. The van der Waals surface area contributed by atoms with Gasteiger partial charge in [-0.1, -0.05) is 61.9 Å². The fourth-order valence-electron chi connectivity index (χ4n) is 3.18. The first-order chi connectivity index (χ1) is 14.4. The number of hydrogen-bond donors (Lipinski definition) is 1. The Kier molecular flexibility index (Phi) is 9.95. The predicted octanol–water partition coefficient (Wildman–Crippen LogP) is 5.20. The maximum atomic E-state index is 13.2. The number of rotatable bonds is 11. The van der Waals surface area contributed by atoms with Crippen LogP contribution in [0.3, 0.4) is 0 Å². The lowest BCUT2D eigenvalue weighted by Gasteiger charge is -2.31. The number of thioether (sulfide) groups is 1. The van der Waals surface area contributed by atoms with E-state index in [1.54, 1.807) is 16.7 Å². The second kappa shape index (κ2) is 12.4. The fraction of sp³-hybridized carbons (Fsp3) is 0.440. The standard InChI is InChI=1S/C25H34N2O2S/c1-5-20(4)26-25(29)23(6-2)27(18-21-10-8-7-9-11-21)24(28)16-17-30-22-14-12-19(3)13-15-22/h7-15,20,23H,5-6,16-18H2,1-4H3,(H,26,29). The fourth-order valence-corrected chi connectivity index (χ4v) is 4.02. The van der Waals surface area contributed by atoms with E-state index < -0.39 is 6.04 Å². The third-order valence-electron chi connectivity index (χ3n) is 5.19. The average molecular weight is 427 g/mol. The lowest BCUT2D eigenvalue weighted by atomic mass is 10.1. The summed E-state index contributed by atoms with van der Waals surface area (Å²) in [6.45, 7) is 8.51. The van der Waals surface area contributed by atoms with Crippen molar-refractivity contribution in [2.45, 2.75) is 70.5 Å². The largest absolute Gasteiger partial charge is 0.352 e. The monoisotopic (exact) mass is 426 g/mol.